The fourth-order valence-corrected chi connectivity index (χ4v) is 5.81. The van der Waals surface area contributed by atoms with Crippen LogP contribution in [0, 0.1) is 5.92 Å². The van der Waals surface area contributed by atoms with E-state index in [2.05, 4.69) is 34.8 Å². The second kappa shape index (κ2) is 7.41. The normalized spacial score (nSPS) is 20.9. The van der Waals surface area contributed by atoms with Crippen molar-refractivity contribution in [3.8, 4) is 11.4 Å². The molecule has 146 valence electrons. The molecule has 5 nitrogen and oxygen atoms in total. The predicted octanol–water partition coefficient (Wildman–Crippen LogP) is 4.02. The molecular formula is C22H27N5S. The molecular weight excluding hydrogens is 366 g/mol. The van der Waals surface area contributed by atoms with Gasteiger partial charge in [0.25, 0.3) is 0 Å². The number of nitrogens with zero attached hydrogens (tertiary/aromatic N) is 5. The third-order valence-electron chi connectivity index (χ3n) is 6.07. The summed E-state index contributed by atoms with van der Waals surface area (Å²) >= 11 is 1.89. The number of fused-ring (bicyclic) bond motifs is 3. The minimum Gasteiger partial charge on any atom is -0.355 e. The van der Waals surface area contributed by atoms with Crippen LogP contribution >= 0.6 is 11.3 Å². The van der Waals surface area contributed by atoms with Gasteiger partial charge in [-0.1, -0.05) is 6.92 Å². The fraction of sp³-hybridized carbons (Fsp3) is 0.500. The average molecular weight is 394 g/mol. The lowest BCUT2D eigenvalue weighted by atomic mass is 9.89. The molecule has 5 rings (SSSR count). The van der Waals surface area contributed by atoms with Crippen molar-refractivity contribution < 1.29 is 0 Å². The van der Waals surface area contributed by atoms with Gasteiger partial charge in [0.05, 0.1) is 5.39 Å². The van der Waals surface area contributed by atoms with Gasteiger partial charge >= 0.3 is 0 Å². The SMILES string of the molecule is CC1CCc2c(sc3nc(-c4cccnc4)nc(N4CCCN(C)CC4)c23)C1. The van der Waals surface area contributed by atoms with Crippen molar-refractivity contribution in [3.05, 3.63) is 35.0 Å². The van der Waals surface area contributed by atoms with Gasteiger partial charge in [-0.25, -0.2) is 9.97 Å². The van der Waals surface area contributed by atoms with Gasteiger partial charge in [-0.2, -0.15) is 0 Å². The van der Waals surface area contributed by atoms with E-state index in [1.54, 1.807) is 6.20 Å². The number of rotatable bonds is 2. The summed E-state index contributed by atoms with van der Waals surface area (Å²) in [6.07, 6.45) is 8.46. The van der Waals surface area contributed by atoms with Gasteiger partial charge in [-0.15, -0.1) is 11.3 Å². The maximum Gasteiger partial charge on any atom is 0.164 e. The van der Waals surface area contributed by atoms with E-state index in [0.29, 0.717) is 0 Å². The van der Waals surface area contributed by atoms with Gasteiger partial charge < -0.3 is 9.80 Å². The average Bonchev–Trinajstić information content (AvgIpc) is 2.93. The van der Waals surface area contributed by atoms with Crippen molar-refractivity contribution in [1.29, 1.82) is 0 Å². The van der Waals surface area contributed by atoms with Crippen LogP contribution in [0.5, 0.6) is 0 Å². The van der Waals surface area contributed by atoms with Crippen molar-refractivity contribution in [2.24, 2.45) is 5.92 Å². The number of aromatic nitrogens is 3. The minimum atomic E-state index is 0.765. The van der Waals surface area contributed by atoms with Crippen LogP contribution in [0.25, 0.3) is 21.6 Å². The highest BCUT2D eigenvalue weighted by molar-refractivity contribution is 7.19. The number of hydrogen-bond acceptors (Lipinski definition) is 6. The molecule has 3 aromatic rings. The standard InChI is InChI=1S/C22H27N5S/c1-15-6-7-17-18(13-15)28-22-19(17)21(27-10-4-9-26(2)11-12-27)24-20(25-22)16-5-3-8-23-14-16/h3,5,8,14-15H,4,6-7,9-13H2,1-2H3. The molecule has 1 aliphatic heterocycles. The Morgan fingerprint density at radius 2 is 2.07 bits per heavy atom. The Hall–Kier alpha value is -2.05. The van der Waals surface area contributed by atoms with Crippen LogP contribution in [0.3, 0.4) is 0 Å². The number of hydrogen-bond donors (Lipinski definition) is 0. The Balaban J connectivity index is 1.68. The van der Waals surface area contributed by atoms with Crippen LogP contribution in [-0.2, 0) is 12.8 Å². The Labute approximate surface area is 170 Å². The molecule has 0 amide bonds. The summed E-state index contributed by atoms with van der Waals surface area (Å²) in [6, 6.07) is 4.02. The van der Waals surface area contributed by atoms with Crippen LogP contribution in [0.2, 0.25) is 0 Å². The zero-order valence-corrected chi connectivity index (χ0v) is 17.5. The number of thiophene rings is 1. The topological polar surface area (TPSA) is 45.2 Å². The maximum atomic E-state index is 5.12. The predicted molar refractivity (Wildman–Crippen MR) is 116 cm³/mol. The van der Waals surface area contributed by atoms with Crippen LogP contribution < -0.4 is 4.90 Å². The number of aryl methyl sites for hydroxylation is 1. The second-order valence-corrected chi connectivity index (χ2v) is 9.37. The Kier molecular flexibility index (Phi) is 4.77. The molecule has 0 aromatic carbocycles. The molecule has 1 fully saturated rings. The summed E-state index contributed by atoms with van der Waals surface area (Å²) in [5.74, 6) is 2.72. The maximum absolute atomic E-state index is 5.12. The number of anilines is 1. The molecule has 1 saturated heterocycles. The van der Waals surface area contributed by atoms with Gasteiger partial charge in [0.15, 0.2) is 5.82 Å². The molecule has 1 unspecified atom stereocenters. The lowest BCUT2D eigenvalue weighted by molar-refractivity contribution is 0.360. The van der Waals surface area contributed by atoms with Gasteiger partial charge in [0, 0.05) is 42.5 Å². The first kappa shape index (κ1) is 18.0. The molecule has 3 aromatic heterocycles. The monoisotopic (exact) mass is 393 g/mol. The van der Waals surface area contributed by atoms with Crippen LogP contribution in [0.15, 0.2) is 24.5 Å². The van der Waals surface area contributed by atoms with Gasteiger partial charge in [0.2, 0.25) is 0 Å². The number of likely N-dealkylation sites (N-methyl/N-ethyl adjacent to an activating group) is 1. The number of pyridine rings is 1. The van der Waals surface area contributed by atoms with E-state index < -0.39 is 0 Å². The summed E-state index contributed by atoms with van der Waals surface area (Å²) in [4.78, 5) is 22.0. The van der Waals surface area contributed by atoms with E-state index in [4.69, 9.17) is 9.97 Å². The van der Waals surface area contributed by atoms with Crippen molar-refractivity contribution >= 4 is 27.4 Å². The van der Waals surface area contributed by atoms with E-state index in [0.717, 1.165) is 60.6 Å². The summed E-state index contributed by atoms with van der Waals surface area (Å²) in [5.41, 5.74) is 2.51. The molecule has 2 aliphatic rings. The largest absolute Gasteiger partial charge is 0.355 e. The van der Waals surface area contributed by atoms with Crippen molar-refractivity contribution in [1.82, 2.24) is 19.9 Å². The van der Waals surface area contributed by atoms with E-state index >= 15 is 0 Å². The van der Waals surface area contributed by atoms with Crippen LogP contribution in [0.1, 0.15) is 30.2 Å². The molecule has 28 heavy (non-hydrogen) atoms. The van der Waals surface area contributed by atoms with E-state index in [-0.39, 0.29) is 0 Å². The Bertz CT molecular complexity index is 984. The lowest BCUT2D eigenvalue weighted by Crippen LogP contribution is -2.29. The van der Waals surface area contributed by atoms with Crippen molar-refractivity contribution in [3.63, 3.8) is 0 Å². The molecule has 1 aliphatic carbocycles. The molecule has 1 atom stereocenters. The van der Waals surface area contributed by atoms with Crippen LogP contribution in [0.4, 0.5) is 5.82 Å². The summed E-state index contributed by atoms with van der Waals surface area (Å²) in [6.45, 7) is 6.68. The van der Waals surface area contributed by atoms with Crippen molar-refractivity contribution in [2.75, 3.05) is 38.1 Å². The zero-order valence-electron chi connectivity index (χ0n) is 16.7. The summed E-state index contributed by atoms with van der Waals surface area (Å²) in [7, 11) is 2.22. The highest BCUT2D eigenvalue weighted by Crippen LogP contribution is 2.42. The molecule has 0 bridgehead atoms. The first-order chi connectivity index (χ1) is 13.7. The third kappa shape index (κ3) is 3.29. The first-order valence-electron chi connectivity index (χ1n) is 10.3. The summed E-state index contributed by atoms with van der Waals surface area (Å²) < 4.78 is 0. The molecule has 6 heteroatoms. The fourth-order valence-electron chi connectivity index (χ4n) is 4.43. The highest BCUT2D eigenvalue weighted by atomic mass is 32.1. The van der Waals surface area contributed by atoms with Gasteiger partial charge in [-0.3, -0.25) is 4.98 Å². The molecule has 0 N–H and O–H groups in total. The Morgan fingerprint density at radius 1 is 1.14 bits per heavy atom. The lowest BCUT2D eigenvalue weighted by Gasteiger charge is -2.24. The minimum absolute atomic E-state index is 0.765. The zero-order chi connectivity index (χ0) is 19.1. The molecule has 0 radical (unpaired) electrons. The van der Waals surface area contributed by atoms with Gasteiger partial charge in [-0.05, 0) is 62.9 Å². The molecule has 0 spiro atoms. The molecule has 0 saturated carbocycles. The second-order valence-electron chi connectivity index (χ2n) is 8.29. The smallest absolute Gasteiger partial charge is 0.164 e. The summed E-state index contributed by atoms with van der Waals surface area (Å²) in [5, 5.41) is 1.32. The first-order valence-corrected chi connectivity index (χ1v) is 11.2. The van der Waals surface area contributed by atoms with E-state index in [1.165, 1.54) is 35.1 Å². The third-order valence-corrected chi connectivity index (χ3v) is 7.22. The van der Waals surface area contributed by atoms with E-state index in [9.17, 15) is 0 Å². The van der Waals surface area contributed by atoms with Crippen molar-refractivity contribution in [2.45, 2.75) is 32.6 Å². The van der Waals surface area contributed by atoms with Crippen LogP contribution in [-0.4, -0.2) is 53.1 Å². The van der Waals surface area contributed by atoms with E-state index in [1.807, 2.05) is 23.6 Å². The Morgan fingerprint density at radius 3 is 2.93 bits per heavy atom. The quantitative estimate of drug-likeness (QED) is 0.658. The molecule has 4 heterocycles. The highest BCUT2D eigenvalue weighted by Gasteiger charge is 2.26. The van der Waals surface area contributed by atoms with Gasteiger partial charge in [0.1, 0.15) is 10.6 Å².